The summed E-state index contributed by atoms with van der Waals surface area (Å²) in [7, 11) is 1.55. The normalized spacial score (nSPS) is 10.1. The molecule has 5 heteroatoms. The maximum Gasteiger partial charge on any atom is 0.264 e. The second-order valence-corrected chi connectivity index (χ2v) is 3.56. The summed E-state index contributed by atoms with van der Waals surface area (Å²) in [5.74, 6) is 0.606. The lowest BCUT2D eigenvalue weighted by molar-refractivity contribution is 0.415. The third-order valence-corrected chi connectivity index (χ3v) is 2.42. The third kappa shape index (κ3) is 2.06. The molecule has 0 saturated heterocycles. The van der Waals surface area contributed by atoms with Gasteiger partial charge in [-0.2, -0.15) is 5.10 Å². The van der Waals surface area contributed by atoms with E-state index in [2.05, 4.69) is 10.2 Å². The SMILES string of the molecule is COc1ccc(-c2ccc(=O)[nH]n2)cc1Cl. The van der Waals surface area contributed by atoms with Crippen molar-refractivity contribution in [1.29, 1.82) is 0 Å². The summed E-state index contributed by atoms with van der Waals surface area (Å²) in [6, 6.07) is 8.37. The molecule has 0 aliphatic heterocycles. The molecule has 82 valence electrons. The van der Waals surface area contributed by atoms with Crippen molar-refractivity contribution in [3.63, 3.8) is 0 Å². The minimum Gasteiger partial charge on any atom is -0.495 e. The van der Waals surface area contributed by atoms with Crippen molar-refractivity contribution in [2.24, 2.45) is 0 Å². The van der Waals surface area contributed by atoms with E-state index in [9.17, 15) is 4.79 Å². The van der Waals surface area contributed by atoms with Gasteiger partial charge in [-0.3, -0.25) is 4.79 Å². The number of halogens is 1. The van der Waals surface area contributed by atoms with Gasteiger partial charge in [0, 0.05) is 11.6 Å². The van der Waals surface area contributed by atoms with Crippen molar-refractivity contribution in [3.8, 4) is 17.0 Å². The quantitative estimate of drug-likeness (QED) is 0.869. The van der Waals surface area contributed by atoms with Gasteiger partial charge in [0.25, 0.3) is 5.56 Å². The molecule has 0 spiro atoms. The van der Waals surface area contributed by atoms with E-state index in [0.29, 0.717) is 16.5 Å². The van der Waals surface area contributed by atoms with Crippen LogP contribution < -0.4 is 10.3 Å². The fourth-order valence-electron chi connectivity index (χ4n) is 1.33. The van der Waals surface area contributed by atoms with E-state index in [1.807, 2.05) is 6.07 Å². The Morgan fingerprint density at radius 3 is 2.69 bits per heavy atom. The average molecular weight is 237 g/mol. The molecule has 1 heterocycles. The molecule has 1 aromatic heterocycles. The molecule has 1 N–H and O–H groups in total. The van der Waals surface area contributed by atoms with Gasteiger partial charge in [0.1, 0.15) is 5.75 Å². The third-order valence-electron chi connectivity index (χ3n) is 2.13. The van der Waals surface area contributed by atoms with Crippen LogP contribution in [0.5, 0.6) is 5.75 Å². The Hall–Kier alpha value is -1.81. The van der Waals surface area contributed by atoms with Gasteiger partial charge >= 0.3 is 0 Å². The first kappa shape index (κ1) is 10.7. The molecule has 0 amide bonds. The van der Waals surface area contributed by atoms with E-state index in [4.69, 9.17) is 16.3 Å². The van der Waals surface area contributed by atoms with Crippen LogP contribution in [0.25, 0.3) is 11.3 Å². The monoisotopic (exact) mass is 236 g/mol. The Bertz CT molecular complexity index is 546. The van der Waals surface area contributed by atoms with E-state index in [1.54, 1.807) is 25.3 Å². The first-order chi connectivity index (χ1) is 7.70. The number of ether oxygens (including phenoxy) is 1. The van der Waals surface area contributed by atoms with E-state index in [0.717, 1.165) is 5.56 Å². The van der Waals surface area contributed by atoms with E-state index >= 15 is 0 Å². The molecule has 0 bridgehead atoms. The van der Waals surface area contributed by atoms with Crippen LogP contribution >= 0.6 is 11.6 Å². The van der Waals surface area contributed by atoms with Gasteiger partial charge < -0.3 is 4.74 Å². The summed E-state index contributed by atoms with van der Waals surface area (Å²) in [6.45, 7) is 0. The molecule has 0 atom stereocenters. The van der Waals surface area contributed by atoms with Crippen LogP contribution in [0.1, 0.15) is 0 Å². The molecule has 1 aromatic carbocycles. The minimum atomic E-state index is -0.233. The highest BCUT2D eigenvalue weighted by atomic mass is 35.5. The molecule has 0 aliphatic rings. The van der Waals surface area contributed by atoms with E-state index in [-0.39, 0.29) is 5.56 Å². The van der Waals surface area contributed by atoms with Crippen LogP contribution in [0, 0.1) is 0 Å². The van der Waals surface area contributed by atoms with Crippen molar-refractivity contribution in [1.82, 2.24) is 10.2 Å². The van der Waals surface area contributed by atoms with Crippen molar-refractivity contribution in [3.05, 3.63) is 45.7 Å². The Labute approximate surface area is 96.8 Å². The van der Waals surface area contributed by atoms with Gasteiger partial charge in [0.05, 0.1) is 17.8 Å². The van der Waals surface area contributed by atoms with Crippen LogP contribution in [0.15, 0.2) is 35.1 Å². The molecule has 2 rings (SSSR count). The summed E-state index contributed by atoms with van der Waals surface area (Å²) >= 11 is 5.99. The molecule has 0 unspecified atom stereocenters. The number of H-pyrrole nitrogens is 1. The number of aromatic amines is 1. The smallest absolute Gasteiger partial charge is 0.264 e. The number of aromatic nitrogens is 2. The first-order valence-electron chi connectivity index (χ1n) is 4.60. The number of methoxy groups -OCH3 is 1. The number of nitrogens with zero attached hydrogens (tertiary/aromatic N) is 1. The lowest BCUT2D eigenvalue weighted by Gasteiger charge is -2.04. The zero-order valence-electron chi connectivity index (χ0n) is 8.53. The van der Waals surface area contributed by atoms with Gasteiger partial charge in [-0.05, 0) is 24.3 Å². The predicted octanol–water partition coefficient (Wildman–Crippen LogP) is 2.10. The zero-order chi connectivity index (χ0) is 11.5. The zero-order valence-corrected chi connectivity index (χ0v) is 9.28. The standard InChI is InChI=1S/C11H9ClN2O2/c1-16-10-4-2-7(6-8(10)12)9-3-5-11(15)14-13-9/h2-6H,1H3,(H,14,15). The molecule has 0 radical (unpaired) electrons. The van der Waals surface area contributed by atoms with Crippen molar-refractivity contribution in [2.75, 3.05) is 7.11 Å². The predicted molar refractivity (Wildman–Crippen MR) is 61.9 cm³/mol. The molecule has 0 fully saturated rings. The van der Waals surface area contributed by atoms with Crippen LogP contribution in [-0.2, 0) is 0 Å². The molecule has 0 aliphatic carbocycles. The maximum atomic E-state index is 10.9. The second kappa shape index (κ2) is 4.37. The van der Waals surface area contributed by atoms with E-state index < -0.39 is 0 Å². The number of nitrogens with one attached hydrogen (secondary N) is 1. The summed E-state index contributed by atoms with van der Waals surface area (Å²) in [4.78, 5) is 10.9. The Morgan fingerprint density at radius 2 is 2.12 bits per heavy atom. The topological polar surface area (TPSA) is 55.0 Å². The van der Waals surface area contributed by atoms with Gasteiger partial charge in [0.15, 0.2) is 0 Å². The van der Waals surface area contributed by atoms with Crippen LogP contribution in [0.2, 0.25) is 5.02 Å². The molecular weight excluding hydrogens is 228 g/mol. The molecular formula is C11H9ClN2O2. The van der Waals surface area contributed by atoms with Crippen LogP contribution in [0.4, 0.5) is 0 Å². The highest BCUT2D eigenvalue weighted by molar-refractivity contribution is 6.32. The molecule has 0 saturated carbocycles. The Kier molecular flexibility index (Phi) is 2.92. The minimum absolute atomic E-state index is 0.233. The molecule has 16 heavy (non-hydrogen) atoms. The lowest BCUT2D eigenvalue weighted by Crippen LogP contribution is -2.05. The van der Waals surface area contributed by atoms with Gasteiger partial charge in [0.2, 0.25) is 0 Å². The highest BCUT2D eigenvalue weighted by Gasteiger charge is 2.04. The Balaban J connectivity index is 2.45. The molecule has 4 nitrogen and oxygen atoms in total. The van der Waals surface area contributed by atoms with E-state index in [1.165, 1.54) is 6.07 Å². The maximum absolute atomic E-state index is 10.9. The average Bonchev–Trinajstić information content (AvgIpc) is 2.30. The van der Waals surface area contributed by atoms with Gasteiger partial charge in [-0.1, -0.05) is 11.6 Å². The van der Waals surface area contributed by atoms with Gasteiger partial charge in [-0.25, -0.2) is 5.10 Å². The largest absolute Gasteiger partial charge is 0.495 e. The summed E-state index contributed by atoms with van der Waals surface area (Å²) in [5, 5.41) is 6.78. The number of rotatable bonds is 2. The van der Waals surface area contributed by atoms with Gasteiger partial charge in [-0.15, -0.1) is 0 Å². The second-order valence-electron chi connectivity index (χ2n) is 3.16. The fourth-order valence-corrected chi connectivity index (χ4v) is 1.59. The van der Waals surface area contributed by atoms with Crippen molar-refractivity contribution in [2.45, 2.75) is 0 Å². The Morgan fingerprint density at radius 1 is 1.31 bits per heavy atom. The number of hydrogen-bond donors (Lipinski definition) is 1. The summed E-state index contributed by atoms with van der Waals surface area (Å²) in [6.07, 6.45) is 0. The van der Waals surface area contributed by atoms with Crippen molar-refractivity contribution >= 4 is 11.6 Å². The highest BCUT2D eigenvalue weighted by Crippen LogP contribution is 2.28. The summed E-state index contributed by atoms with van der Waals surface area (Å²) < 4.78 is 5.04. The van der Waals surface area contributed by atoms with Crippen molar-refractivity contribution < 1.29 is 4.74 Å². The molecule has 2 aromatic rings. The number of benzene rings is 1. The number of hydrogen-bond acceptors (Lipinski definition) is 3. The lowest BCUT2D eigenvalue weighted by atomic mass is 10.1. The van der Waals surface area contributed by atoms with Crippen LogP contribution in [0.3, 0.4) is 0 Å². The van der Waals surface area contributed by atoms with Crippen LogP contribution in [-0.4, -0.2) is 17.3 Å². The first-order valence-corrected chi connectivity index (χ1v) is 4.98. The summed E-state index contributed by atoms with van der Waals surface area (Å²) in [5.41, 5.74) is 1.24. The fraction of sp³-hybridized carbons (Fsp3) is 0.0909.